The number of tetrazole rings is 1. The van der Waals surface area contributed by atoms with Gasteiger partial charge in [-0.15, -0.1) is 10.2 Å². The van der Waals surface area contributed by atoms with E-state index >= 15 is 0 Å². The van der Waals surface area contributed by atoms with Crippen LogP contribution in [0.3, 0.4) is 0 Å². The number of anilines is 1. The fraction of sp³-hybridized carbons (Fsp3) is 0.300. The molecule has 15 heavy (non-hydrogen) atoms. The van der Waals surface area contributed by atoms with Gasteiger partial charge in [0, 0.05) is 5.69 Å². The second-order valence-corrected chi connectivity index (χ2v) is 3.42. The Kier molecular flexibility index (Phi) is 2.62. The molecule has 0 saturated carbocycles. The van der Waals surface area contributed by atoms with E-state index in [0.29, 0.717) is 12.4 Å². The molecular weight excluding hydrogens is 190 g/mol. The lowest BCUT2D eigenvalue weighted by atomic mass is 10.2. The maximum absolute atomic E-state index is 4.08. The lowest BCUT2D eigenvalue weighted by molar-refractivity contribution is 0.628. The van der Waals surface area contributed by atoms with Crippen molar-refractivity contribution in [2.45, 2.75) is 13.5 Å². The zero-order valence-electron chi connectivity index (χ0n) is 8.81. The number of hydrogen-bond acceptors (Lipinski definition) is 4. The summed E-state index contributed by atoms with van der Waals surface area (Å²) in [5.74, 6) is 0.694. The van der Waals surface area contributed by atoms with Gasteiger partial charge in [0.1, 0.15) is 0 Å². The van der Waals surface area contributed by atoms with Gasteiger partial charge in [0.15, 0.2) is 5.82 Å². The van der Waals surface area contributed by atoms with Crippen LogP contribution in [0.1, 0.15) is 11.4 Å². The van der Waals surface area contributed by atoms with Gasteiger partial charge in [-0.1, -0.05) is 12.1 Å². The number of nitrogens with zero attached hydrogens (tertiary/aromatic N) is 4. The van der Waals surface area contributed by atoms with Crippen LogP contribution in [-0.4, -0.2) is 20.2 Å². The number of benzene rings is 1. The predicted octanol–water partition coefficient (Wildman–Crippen LogP) is 1.13. The van der Waals surface area contributed by atoms with Crippen LogP contribution in [0.4, 0.5) is 5.69 Å². The maximum atomic E-state index is 4.08. The van der Waals surface area contributed by atoms with Crippen molar-refractivity contribution in [3.05, 3.63) is 35.7 Å². The van der Waals surface area contributed by atoms with Crippen LogP contribution in [-0.2, 0) is 13.6 Å². The monoisotopic (exact) mass is 203 g/mol. The molecule has 78 valence electrons. The zero-order chi connectivity index (χ0) is 10.7. The standard InChI is InChI=1S/C10H13N5/c1-8-4-3-5-9(6-8)11-7-10-12-14-15(2)13-10/h3-6,11H,7H2,1-2H3. The van der Waals surface area contributed by atoms with Gasteiger partial charge < -0.3 is 5.32 Å². The fourth-order valence-corrected chi connectivity index (χ4v) is 1.33. The second-order valence-electron chi connectivity index (χ2n) is 3.42. The van der Waals surface area contributed by atoms with E-state index in [0.717, 1.165) is 5.69 Å². The Labute approximate surface area is 88.1 Å². The molecule has 0 bridgehead atoms. The highest BCUT2D eigenvalue weighted by Gasteiger charge is 1.99. The molecule has 2 rings (SSSR count). The Morgan fingerprint density at radius 3 is 2.93 bits per heavy atom. The third-order valence-electron chi connectivity index (χ3n) is 2.02. The topological polar surface area (TPSA) is 55.6 Å². The number of nitrogens with one attached hydrogen (secondary N) is 1. The molecule has 0 unspecified atom stereocenters. The van der Waals surface area contributed by atoms with Crippen molar-refractivity contribution in [3.63, 3.8) is 0 Å². The molecule has 5 nitrogen and oxygen atoms in total. The SMILES string of the molecule is Cc1cccc(NCc2nnn(C)n2)c1. The second kappa shape index (κ2) is 4.08. The first-order chi connectivity index (χ1) is 7.24. The molecule has 0 atom stereocenters. The van der Waals surface area contributed by atoms with Crippen LogP contribution in [0.15, 0.2) is 24.3 Å². The molecule has 0 saturated heterocycles. The summed E-state index contributed by atoms with van der Waals surface area (Å²) >= 11 is 0. The summed E-state index contributed by atoms with van der Waals surface area (Å²) in [5, 5.41) is 15.0. The molecule has 5 heteroatoms. The summed E-state index contributed by atoms with van der Waals surface area (Å²) in [4.78, 5) is 1.45. The number of hydrogen-bond donors (Lipinski definition) is 1. The minimum atomic E-state index is 0.595. The lowest BCUT2D eigenvalue weighted by Crippen LogP contribution is -2.02. The zero-order valence-corrected chi connectivity index (χ0v) is 8.81. The average Bonchev–Trinajstić information content (AvgIpc) is 2.62. The Bertz CT molecular complexity index is 449. The highest BCUT2D eigenvalue weighted by Crippen LogP contribution is 2.09. The molecule has 0 spiro atoms. The van der Waals surface area contributed by atoms with E-state index in [2.05, 4.69) is 39.8 Å². The summed E-state index contributed by atoms with van der Waals surface area (Å²) in [6.45, 7) is 2.66. The molecule has 1 heterocycles. The minimum Gasteiger partial charge on any atom is -0.378 e. The maximum Gasteiger partial charge on any atom is 0.193 e. The molecule has 1 aromatic heterocycles. The van der Waals surface area contributed by atoms with Crippen molar-refractivity contribution < 1.29 is 0 Å². The van der Waals surface area contributed by atoms with Crippen molar-refractivity contribution in [1.82, 2.24) is 20.2 Å². The van der Waals surface area contributed by atoms with E-state index in [1.54, 1.807) is 7.05 Å². The third kappa shape index (κ3) is 2.52. The highest BCUT2D eigenvalue weighted by atomic mass is 15.6. The van der Waals surface area contributed by atoms with E-state index < -0.39 is 0 Å². The van der Waals surface area contributed by atoms with Crippen LogP contribution >= 0.6 is 0 Å². The molecule has 0 fully saturated rings. The summed E-state index contributed by atoms with van der Waals surface area (Å²) in [6, 6.07) is 8.17. The van der Waals surface area contributed by atoms with E-state index in [4.69, 9.17) is 0 Å². The molecule has 1 N–H and O–H groups in total. The van der Waals surface area contributed by atoms with Gasteiger partial charge in [0.25, 0.3) is 0 Å². The Morgan fingerprint density at radius 1 is 1.40 bits per heavy atom. The summed E-state index contributed by atoms with van der Waals surface area (Å²) in [7, 11) is 1.75. The smallest absolute Gasteiger partial charge is 0.193 e. The predicted molar refractivity (Wildman–Crippen MR) is 57.3 cm³/mol. The molecular formula is C10H13N5. The number of rotatable bonds is 3. The molecule has 0 aliphatic carbocycles. The molecule has 0 amide bonds. The average molecular weight is 203 g/mol. The first kappa shape index (κ1) is 9.64. The van der Waals surface area contributed by atoms with E-state index in [1.165, 1.54) is 10.4 Å². The first-order valence-corrected chi connectivity index (χ1v) is 4.77. The molecule has 1 aromatic carbocycles. The van der Waals surface area contributed by atoms with Crippen molar-refractivity contribution in [2.75, 3.05) is 5.32 Å². The van der Waals surface area contributed by atoms with Crippen molar-refractivity contribution in [2.24, 2.45) is 7.05 Å². The van der Waals surface area contributed by atoms with Crippen LogP contribution in [0.2, 0.25) is 0 Å². The van der Waals surface area contributed by atoms with Gasteiger partial charge in [-0.2, -0.15) is 4.80 Å². The molecule has 0 aliphatic rings. The molecule has 2 aromatic rings. The van der Waals surface area contributed by atoms with Gasteiger partial charge in [0.2, 0.25) is 0 Å². The Balaban J connectivity index is 1.99. The van der Waals surface area contributed by atoms with Gasteiger partial charge in [0.05, 0.1) is 13.6 Å². The number of aryl methyl sites for hydroxylation is 2. The van der Waals surface area contributed by atoms with E-state index in [1.807, 2.05) is 12.1 Å². The van der Waals surface area contributed by atoms with Gasteiger partial charge >= 0.3 is 0 Å². The highest BCUT2D eigenvalue weighted by molar-refractivity contribution is 5.45. The van der Waals surface area contributed by atoms with Crippen molar-refractivity contribution in [1.29, 1.82) is 0 Å². The fourth-order valence-electron chi connectivity index (χ4n) is 1.33. The van der Waals surface area contributed by atoms with Gasteiger partial charge in [-0.25, -0.2) is 0 Å². The summed E-state index contributed by atoms with van der Waals surface area (Å²) in [6.07, 6.45) is 0. The van der Waals surface area contributed by atoms with E-state index in [-0.39, 0.29) is 0 Å². The quantitative estimate of drug-likeness (QED) is 0.812. The third-order valence-corrected chi connectivity index (χ3v) is 2.02. The summed E-state index contributed by atoms with van der Waals surface area (Å²) in [5.41, 5.74) is 2.30. The first-order valence-electron chi connectivity index (χ1n) is 4.77. The Morgan fingerprint density at radius 2 is 2.27 bits per heavy atom. The number of aromatic nitrogens is 4. The van der Waals surface area contributed by atoms with Crippen molar-refractivity contribution in [3.8, 4) is 0 Å². The van der Waals surface area contributed by atoms with Crippen LogP contribution in [0, 0.1) is 6.92 Å². The van der Waals surface area contributed by atoms with Gasteiger partial charge in [-0.05, 0) is 29.8 Å². The Hall–Kier alpha value is -1.91. The van der Waals surface area contributed by atoms with Gasteiger partial charge in [-0.3, -0.25) is 0 Å². The lowest BCUT2D eigenvalue weighted by Gasteiger charge is -2.03. The molecule has 0 radical (unpaired) electrons. The van der Waals surface area contributed by atoms with Crippen molar-refractivity contribution >= 4 is 5.69 Å². The van der Waals surface area contributed by atoms with E-state index in [9.17, 15) is 0 Å². The largest absolute Gasteiger partial charge is 0.378 e. The molecule has 0 aliphatic heterocycles. The van der Waals surface area contributed by atoms with Crippen LogP contribution in [0.25, 0.3) is 0 Å². The van der Waals surface area contributed by atoms with Crippen LogP contribution < -0.4 is 5.32 Å². The minimum absolute atomic E-state index is 0.595. The van der Waals surface area contributed by atoms with Crippen LogP contribution in [0.5, 0.6) is 0 Å². The summed E-state index contributed by atoms with van der Waals surface area (Å²) < 4.78 is 0. The normalized spacial score (nSPS) is 10.3.